The van der Waals surface area contributed by atoms with Gasteiger partial charge in [0.25, 0.3) is 0 Å². The molecule has 3 heteroatoms. The fraction of sp³-hybridized carbons (Fsp3) is 0.250. The van der Waals surface area contributed by atoms with Gasteiger partial charge in [0.15, 0.2) is 0 Å². The molecular formula is C24H29FN2. The van der Waals surface area contributed by atoms with Gasteiger partial charge >= 0.3 is 0 Å². The summed E-state index contributed by atoms with van der Waals surface area (Å²) in [7, 11) is 1.50. The molecule has 1 atom stereocenters. The van der Waals surface area contributed by atoms with Crippen molar-refractivity contribution >= 4 is 0 Å². The Morgan fingerprint density at radius 3 is 2.04 bits per heavy atom. The first-order valence-electron chi connectivity index (χ1n) is 9.35. The molecule has 0 radical (unpaired) electrons. The number of aryl methyl sites for hydroxylation is 1. The summed E-state index contributed by atoms with van der Waals surface area (Å²) in [5.74, 6) is -0.166. The molecule has 3 N–H and O–H groups in total. The van der Waals surface area contributed by atoms with E-state index in [2.05, 4.69) is 54.4 Å². The second kappa shape index (κ2) is 11.3. The van der Waals surface area contributed by atoms with Crippen molar-refractivity contribution in [2.45, 2.75) is 32.4 Å². The molecule has 4 rings (SSSR count). The lowest BCUT2D eigenvalue weighted by Crippen LogP contribution is -2.37. The molecule has 3 aromatic carbocycles. The van der Waals surface area contributed by atoms with Crippen LogP contribution in [0, 0.1) is 12.7 Å². The van der Waals surface area contributed by atoms with Gasteiger partial charge in [0.2, 0.25) is 0 Å². The highest BCUT2D eigenvalue weighted by Gasteiger charge is 2.17. The molecule has 0 aliphatic carbocycles. The van der Waals surface area contributed by atoms with E-state index in [4.69, 9.17) is 0 Å². The number of hydrogen-bond acceptors (Lipinski definition) is 2. The lowest BCUT2D eigenvalue weighted by molar-refractivity contribution is 0.477. The van der Waals surface area contributed by atoms with Crippen LogP contribution in [0.3, 0.4) is 0 Å². The largest absolute Gasteiger partial charge is 0.333 e. The predicted molar refractivity (Wildman–Crippen MR) is 112 cm³/mol. The van der Waals surface area contributed by atoms with Gasteiger partial charge in [0, 0.05) is 12.6 Å². The number of halogens is 1. The number of nitrogens with two attached hydrogens (primary N) is 1. The Morgan fingerprint density at radius 2 is 1.44 bits per heavy atom. The molecule has 1 aliphatic heterocycles. The van der Waals surface area contributed by atoms with Crippen molar-refractivity contribution < 1.29 is 4.39 Å². The first-order valence-corrected chi connectivity index (χ1v) is 9.35. The molecule has 1 unspecified atom stereocenters. The average molecular weight is 365 g/mol. The van der Waals surface area contributed by atoms with Crippen LogP contribution in [0.25, 0.3) is 0 Å². The molecule has 0 saturated heterocycles. The third-order valence-electron chi connectivity index (χ3n) is 4.50. The smallest absolute Gasteiger partial charge is 0.123 e. The van der Waals surface area contributed by atoms with Gasteiger partial charge in [-0.25, -0.2) is 4.39 Å². The average Bonchev–Trinajstić information content (AvgIpc) is 2.72. The van der Waals surface area contributed by atoms with Gasteiger partial charge in [-0.15, -0.1) is 0 Å². The Hall–Kier alpha value is -2.49. The van der Waals surface area contributed by atoms with E-state index in [1.54, 1.807) is 0 Å². The van der Waals surface area contributed by atoms with Crippen LogP contribution in [0.5, 0.6) is 0 Å². The van der Waals surface area contributed by atoms with Gasteiger partial charge in [-0.3, -0.25) is 0 Å². The summed E-state index contributed by atoms with van der Waals surface area (Å²) in [5, 5.41) is 3.54. The maximum absolute atomic E-state index is 12.8. The molecule has 27 heavy (non-hydrogen) atoms. The van der Waals surface area contributed by atoms with Crippen molar-refractivity contribution in [2.75, 3.05) is 7.05 Å². The van der Waals surface area contributed by atoms with Gasteiger partial charge < -0.3 is 11.1 Å². The van der Waals surface area contributed by atoms with E-state index < -0.39 is 0 Å². The van der Waals surface area contributed by atoms with E-state index in [-0.39, 0.29) is 5.82 Å². The van der Waals surface area contributed by atoms with Gasteiger partial charge in [0.05, 0.1) is 0 Å². The highest BCUT2D eigenvalue weighted by atomic mass is 19.1. The highest BCUT2D eigenvalue weighted by Crippen LogP contribution is 2.18. The number of rotatable bonds is 2. The maximum Gasteiger partial charge on any atom is 0.123 e. The van der Waals surface area contributed by atoms with Crippen molar-refractivity contribution in [3.05, 3.63) is 107 Å². The van der Waals surface area contributed by atoms with E-state index in [1.165, 1.54) is 41.4 Å². The van der Waals surface area contributed by atoms with Crippen molar-refractivity contribution in [1.29, 1.82) is 0 Å². The minimum atomic E-state index is -0.166. The molecule has 0 spiro atoms. The van der Waals surface area contributed by atoms with Crippen molar-refractivity contribution in [1.82, 2.24) is 5.32 Å². The summed E-state index contributed by atoms with van der Waals surface area (Å²) in [6.45, 7) is 3.02. The zero-order valence-corrected chi connectivity index (χ0v) is 16.2. The summed E-state index contributed by atoms with van der Waals surface area (Å²) < 4.78 is 12.8. The van der Waals surface area contributed by atoms with Crippen LogP contribution in [0.1, 0.15) is 22.3 Å². The summed E-state index contributed by atoms with van der Waals surface area (Å²) in [6.07, 6.45) is 2.00. The topological polar surface area (TPSA) is 38.0 Å². The molecule has 1 heterocycles. The van der Waals surface area contributed by atoms with Gasteiger partial charge in [0.1, 0.15) is 5.82 Å². The normalized spacial score (nSPS) is 14.7. The molecule has 0 bridgehead atoms. The van der Waals surface area contributed by atoms with Crippen molar-refractivity contribution in [3.8, 4) is 0 Å². The zero-order valence-electron chi connectivity index (χ0n) is 16.2. The number of nitrogens with one attached hydrogen (secondary N) is 1. The van der Waals surface area contributed by atoms with E-state index in [0.717, 1.165) is 19.4 Å². The predicted octanol–water partition coefficient (Wildman–Crippen LogP) is 4.65. The summed E-state index contributed by atoms with van der Waals surface area (Å²) in [5.41, 5.74) is 9.84. The Morgan fingerprint density at radius 1 is 0.852 bits per heavy atom. The highest BCUT2D eigenvalue weighted by molar-refractivity contribution is 5.30. The monoisotopic (exact) mass is 364 g/mol. The Kier molecular flexibility index (Phi) is 8.69. The molecule has 3 aromatic rings. The van der Waals surface area contributed by atoms with Crippen LogP contribution in [-0.4, -0.2) is 13.1 Å². The number of benzene rings is 3. The molecule has 0 fully saturated rings. The van der Waals surface area contributed by atoms with Crippen LogP contribution >= 0.6 is 0 Å². The fourth-order valence-electron chi connectivity index (χ4n) is 3.10. The lowest BCUT2D eigenvalue weighted by atomic mass is 9.92. The minimum absolute atomic E-state index is 0.166. The summed E-state index contributed by atoms with van der Waals surface area (Å²) in [4.78, 5) is 0. The first-order chi connectivity index (χ1) is 13.2. The number of hydrogen-bond donors (Lipinski definition) is 2. The molecule has 2 nitrogen and oxygen atoms in total. The van der Waals surface area contributed by atoms with Crippen LogP contribution in [-0.2, 0) is 19.4 Å². The first kappa shape index (κ1) is 20.8. The quantitative estimate of drug-likeness (QED) is 0.694. The third kappa shape index (κ3) is 6.97. The van der Waals surface area contributed by atoms with E-state index in [1.807, 2.05) is 30.3 Å². The zero-order chi connectivity index (χ0) is 19.5. The molecular weight excluding hydrogens is 335 g/mol. The summed E-state index contributed by atoms with van der Waals surface area (Å²) in [6, 6.07) is 26.1. The Labute approximate surface area is 162 Å². The molecule has 0 amide bonds. The Bertz CT molecular complexity index is 785. The number of fused-ring (bicyclic) bond motifs is 1. The molecule has 1 aliphatic rings. The van der Waals surface area contributed by atoms with Gasteiger partial charge in [-0.05, 0) is 55.6 Å². The van der Waals surface area contributed by atoms with E-state index in [0.29, 0.717) is 6.04 Å². The second-order valence-corrected chi connectivity index (χ2v) is 6.54. The minimum Gasteiger partial charge on any atom is -0.333 e. The third-order valence-corrected chi connectivity index (χ3v) is 4.50. The lowest BCUT2D eigenvalue weighted by Gasteiger charge is -2.26. The van der Waals surface area contributed by atoms with Crippen LogP contribution in [0.2, 0.25) is 0 Å². The maximum atomic E-state index is 12.8. The van der Waals surface area contributed by atoms with E-state index in [9.17, 15) is 4.39 Å². The molecule has 142 valence electrons. The van der Waals surface area contributed by atoms with E-state index >= 15 is 0 Å². The molecule has 0 aromatic heterocycles. The van der Waals surface area contributed by atoms with Crippen molar-refractivity contribution in [2.24, 2.45) is 5.73 Å². The Balaban J connectivity index is 0.000000244. The SMILES string of the molecule is CN.Cc1ccccc1.Fc1ccc(CC2Cc3ccccc3CN2)cc1. The summed E-state index contributed by atoms with van der Waals surface area (Å²) >= 11 is 0. The standard InChI is InChI=1S/C16H16FN.C7H8.CH5N/c17-15-7-5-12(6-8-15)9-16-10-13-3-1-2-4-14(13)11-18-16;1-7-5-3-2-4-6-7;1-2/h1-8,16,18H,9-11H2;2-6H,1H3;2H2,1H3. The van der Waals surface area contributed by atoms with Crippen LogP contribution in [0.15, 0.2) is 78.9 Å². The molecule has 0 saturated carbocycles. The fourth-order valence-corrected chi connectivity index (χ4v) is 3.10. The van der Waals surface area contributed by atoms with Gasteiger partial charge in [-0.1, -0.05) is 72.3 Å². The second-order valence-electron chi connectivity index (χ2n) is 6.54. The van der Waals surface area contributed by atoms with Crippen LogP contribution in [0.4, 0.5) is 4.39 Å². The van der Waals surface area contributed by atoms with Gasteiger partial charge in [-0.2, -0.15) is 0 Å². The van der Waals surface area contributed by atoms with Crippen molar-refractivity contribution in [3.63, 3.8) is 0 Å². The van der Waals surface area contributed by atoms with Crippen LogP contribution < -0.4 is 11.1 Å².